The Labute approximate surface area is 142 Å². The van der Waals surface area contributed by atoms with Gasteiger partial charge in [0, 0.05) is 0 Å². The molecule has 0 saturated heterocycles. The molecule has 0 aromatic heterocycles. The fourth-order valence-corrected chi connectivity index (χ4v) is 3.53. The van der Waals surface area contributed by atoms with Crippen molar-refractivity contribution in [1.29, 1.82) is 0 Å². The predicted molar refractivity (Wildman–Crippen MR) is 97.3 cm³/mol. The summed E-state index contributed by atoms with van der Waals surface area (Å²) < 4.78 is 11.5. The van der Waals surface area contributed by atoms with Crippen LogP contribution in [0, 0.1) is 11.8 Å². The summed E-state index contributed by atoms with van der Waals surface area (Å²) in [6.45, 7) is 5.88. The lowest BCUT2D eigenvalue weighted by atomic mass is 9.80. The maximum atomic E-state index is 5.87. The van der Waals surface area contributed by atoms with Crippen LogP contribution in [0.2, 0.25) is 0 Å². The molecule has 1 aliphatic carbocycles. The molecular formula is C21H34O2. The summed E-state index contributed by atoms with van der Waals surface area (Å²) in [5, 5.41) is 0. The Morgan fingerprint density at radius 3 is 2.22 bits per heavy atom. The van der Waals surface area contributed by atoms with Crippen molar-refractivity contribution >= 4 is 0 Å². The SMILES string of the molecule is CCOc1ccccc1OCCCCCCC1CCC(C)CC1. The van der Waals surface area contributed by atoms with E-state index in [1.807, 2.05) is 31.2 Å². The van der Waals surface area contributed by atoms with E-state index in [9.17, 15) is 0 Å². The van der Waals surface area contributed by atoms with Gasteiger partial charge in [-0.05, 0) is 37.3 Å². The van der Waals surface area contributed by atoms with Crippen molar-refractivity contribution in [2.24, 2.45) is 11.8 Å². The minimum absolute atomic E-state index is 0.681. The molecular weight excluding hydrogens is 284 g/mol. The zero-order valence-electron chi connectivity index (χ0n) is 15.1. The van der Waals surface area contributed by atoms with E-state index in [0.29, 0.717) is 6.61 Å². The zero-order chi connectivity index (χ0) is 16.3. The van der Waals surface area contributed by atoms with Gasteiger partial charge in [0.1, 0.15) is 0 Å². The van der Waals surface area contributed by atoms with Crippen LogP contribution in [-0.4, -0.2) is 13.2 Å². The Hall–Kier alpha value is -1.18. The fraction of sp³-hybridized carbons (Fsp3) is 0.714. The number of hydrogen-bond acceptors (Lipinski definition) is 2. The van der Waals surface area contributed by atoms with Crippen molar-refractivity contribution in [3.8, 4) is 11.5 Å². The number of ether oxygens (including phenoxy) is 2. The summed E-state index contributed by atoms with van der Waals surface area (Å²) in [6.07, 6.45) is 12.5. The molecule has 1 aromatic rings. The Morgan fingerprint density at radius 2 is 1.52 bits per heavy atom. The zero-order valence-corrected chi connectivity index (χ0v) is 15.1. The summed E-state index contributed by atoms with van der Waals surface area (Å²) in [4.78, 5) is 0. The third kappa shape index (κ3) is 6.85. The van der Waals surface area contributed by atoms with E-state index in [-0.39, 0.29) is 0 Å². The molecule has 1 fully saturated rings. The van der Waals surface area contributed by atoms with Gasteiger partial charge in [0.25, 0.3) is 0 Å². The maximum Gasteiger partial charge on any atom is 0.161 e. The first-order chi connectivity index (χ1) is 11.3. The van der Waals surface area contributed by atoms with Gasteiger partial charge in [-0.3, -0.25) is 0 Å². The molecule has 1 aliphatic rings. The molecule has 1 aromatic carbocycles. The highest BCUT2D eigenvalue weighted by molar-refractivity contribution is 5.39. The van der Waals surface area contributed by atoms with Crippen LogP contribution in [0.5, 0.6) is 11.5 Å². The molecule has 0 aliphatic heterocycles. The monoisotopic (exact) mass is 318 g/mol. The first-order valence-corrected chi connectivity index (χ1v) is 9.64. The van der Waals surface area contributed by atoms with Crippen LogP contribution in [0.4, 0.5) is 0 Å². The van der Waals surface area contributed by atoms with Gasteiger partial charge >= 0.3 is 0 Å². The molecule has 2 rings (SSSR count). The second kappa shape index (κ2) is 10.6. The summed E-state index contributed by atoms with van der Waals surface area (Å²) in [7, 11) is 0. The van der Waals surface area contributed by atoms with Gasteiger partial charge in [0.05, 0.1) is 13.2 Å². The number of rotatable bonds is 10. The highest BCUT2D eigenvalue weighted by Crippen LogP contribution is 2.31. The van der Waals surface area contributed by atoms with E-state index in [1.165, 1.54) is 51.4 Å². The fourth-order valence-electron chi connectivity index (χ4n) is 3.53. The lowest BCUT2D eigenvalue weighted by Crippen LogP contribution is -2.12. The van der Waals surface area contributed by atoms with Crippen LogP contribution >= 0.6 is 0 Å². The van der Waals surface area contributed by atoms with E-state index in [2.05, 4.69) is 6.92 Å². The number of unbranched alkanes of at least 4 members (excludes halogenated alkanes) is 3. The largest absolute Gasteiger partial charge is 0.490 e. The molecule has 0 unspecified atom stereocenters. The van der Waals surface area contributed by atoms with Crippen LogP contribution < -0.4 is 9.47 Å². The van der Waals surface area contributed by atoms with Gasteiger partial charge in [-0.2, -0.15) is 0 Å². The second-order valence-corrected chi connectivity index (χ2v) is 7.06. The van der Waals surface area contributed by atoms with Gasteiger partial charge in [0.2, 0.25) is 0 Å². The molecule has 0 spiro atoms. The van der Waals surface area contributed by atoms with Crippen molar-refractivity contribution in [2.45, 2.75) is 71.6 Å². The average molecular weight is 319 g/mol. The summed E-state index contributed by atoms with van der Waals surface area (Å²) in [6, 6.07) is 7.96. The number of benzene rings is 1. The second-order valence-electron chi connectivity index (χ2n) is 7.06. The Balaban J connectivity index is 1.51. The molecule has 2 heteroatoms. The molecule has 0 N–H and O–H groups in total. The van der Waals surface area contributed by atoms with Crippen molar-refractivity contribution in [1.82, 2.24) is 0 Å². The Kier molecular flexibility index (Phi) is 8.35. The first-order valence-electron chi connectivity index (χ1n) is 9.64. The quantitative estimate of drug-likeness (QED) is 0.475. The lowest BCUT2D eigenvalue weighted by Gasteiger charge is -2.26. The first kappa shape index (κ1) is 18.2. The van der Waals surface area contributed by atoms with Crippen LogP contribution in [0.25, 0.3) is 0 Å². The summed E-state index contributed by atoms with van der Waals surface area (Å²) in [5.41, 5.74) is 0. The summed E-state index contributed by atoms with van der Waals surface area (Å²) in [5.74, 6) is 3.73. The van der Waals surface area contributed by atoms with Crippen LogP contribution in [-0.2, 0) is 0 Å². The van der Waals surface area contributed by atoms with Gasteiger partial charge in [-0.15, -0.1) is 0 Å². The van der Waals surface area contributed by atoms with Crippen LogP contribution in [0.1, 0.15) is 71.6 Å². The van der Waals surface area contributed by atoms with Crippen molar-refractivity contribution in [2.75, 3.05) is 13.2 Å². The lowest BCUT2D eigenvalue weighted by molar-refractivity contribution is 0.262. The predicted octanol–water partition coefficient (Wildman–Crippen LogP) is 6.24. The molecule has 0 heterocycles. The summed E-state index contributed by atoms with van der Waals surface area (Å²) >= 11 is 0. The third-order valence-electron chi connectivity index (χ3n) is 5.05. The molecule has 0 bridgehead atoms. The molecule has 2 nitrogen and oxygen atoms in total. The standard InChI is InChI=1S/C21H34O2/c1-3-22-20-11-7-8-12-21(20)23-17-9-5-4-6-10-19-15-13-18(2)14-16-19/h7-8,11-12,18-19H,3-6,9-10,13-17H2,1-2H3. The van der Waals surface area contributed by atoms with E-state index >= 15 is 0 Å². The number of para-hydroxylation sites is 2. The van der Waals surface area contributed by atoms with E-state index < -0.39 is 0 Å². The molecule has 0 atom stereocenters. The molecule has 0 radical (unpaired) electrons. The van der Waals surface area contributed by atoms with Crippen molar-refractivity contribution < 1.29 is 9.47 Å². The van der Waals surface area contributed by atoms with E-state index in [0.717, 1.165) is 36.4 Å². The maximum absolute atomic E-state index is 5.87. The molecule has 0 amide bonds. The van der Waals surface area contributed by atoms with Crippen LogP contribution in [0.3, 0.4) is 0 Å². The molecule has 23 heavy (non-hydrogen) atoms. The normalized spacial score (nSPS) is 21.1. The highest BCUT2D eigenvalue weighted by Gasteiger charge is 2.17. The van der Waals surface area contributed by atoms with Crippen molar-refractivity contribution in [3.63, 3.8) is 0 Å². The van der Waals surface area contributed by atoms with Gasteiger partial charge in [0.15, 0.2) is 11.5 Å². The van der Waals surface area contributed by atoms with Gasteiger partial charge in [-0.25, -0.2) is 0 Å². The Morgan fingerprint density at radius 1 is 0.870 bits per heavy atom. The average Bonchev–Trinajstić information content (AvgIpc) is 2.57. The van der Waals surface area contributed by atoms with E-state index in [4.69, 9.17) is 9.47 Å². The topological polar surface area (TPSA) is 18.5 Å². The third-order valence-corrected chi connectivity index (χ3v) is 5.05. The smallest absolute Gasteiger partial charge is 0.161 e. The van der Waals surface area contributed by atoms with Crippen molar-refractivity contribution in [3.05, 3.63) is 24.3 Å². The van der Waals surface area contributed by atoms with Gasteiger partial charge < -0.3 is 9.47 Å². The molecule has 130 valence electrons. The van der Waals surface area contributed by atoms with E-state index in [1.54, 1.807) is 0 Å². The number of hydrogen-bond donors (Lipinski definition) is 0. The van der Waals surface area contributed by atoms with Gasteiger partial charge in [-0.1, -0.05) is 70.4 Å². The van der Waals surface area contributed by atoms with Crippen LogP contribution in [0.15, 0.2) is 24.3 Å². The highest BCUT2D eigenvalue weighted by atomic mass is 16.5. The minimum atomic E-state index is 0.681. The minimum Gasteiger partial charge on any atom is -0.490 e. The Bertz CT molecular complexity index is 422. The molecule has 1 saturated carbocycles.